The van der Waals surface area contributed by atoms with Crippen molar-refractivity contribution in [1.29, 1.82) is 0 Å². The molecule has 0 bridgehead atoms. The second-order valence-electron chi connectivity index (χ2n) is 3.74. The maximum atomic E-state index is 11.6. The Morgan fingerprint density at radius 2 is 2.28 bits per heavy atom. The molecule has 0 aliphatic heterocycles. The molecule has 0 aliphatic carbocycles. The van der Waals surface area contributed by atoms with Gasteiger partial charge in [0.2, 0.25) is 12.0 Å². The van der Waals surface area contributed by atoms with E-state index in [1.807, 2.05) is 6.92 Å². The summed E-state index contributed by atoms with van der Waals surface area (Å²) in [6.07, 6.45) is 3.75. The van der Waals surface area contributed by atoms with Crippen LogP contribution in [0.4, 0.5) is 11.4 Å². The fourth-order valence-corrected chi connectivity index (χ4v) is 1.46. The van der Waals surface area contributed by atoms with Crippen LogP contribution < -0.4 is 10.1 Å². The molecule has 0 spiro atoms. The van der Waals surface area contributed by atoms with E-state index < -0.39 is 0 Å². The van der Waals surface area contributed by atoms with Crippen LogP contribution in [0.5, 0.6) is 5.75 Å². The number of unbranched alkanes of at least 4 members (excludes halogenated alkanes) is 1. The minimum absolute atomic E-state index is 0.0539. The van der Waals surface area contributed by atoms with Crippen LogP contribution in [-0.4, -0.2) is 19.1 Å². The Balaban J connectivity index is 2.82. The molecule has 0 atom stereocenters. The number of anilines is 1. The number of hydrogen-bond acceptors (Lipinski definition) is 4. The molecular weight excluding hydrogens is 232 g/mol. The predicted molar refractivity (Wildman–Crippen MR) is 68.9 cm³/mol. The number of hydrogen-bond donors (Lipinski definition) is 1. The van der Waals surface area contributed by atoms with E-state index in [4.69, 9.17) is 4.74 Å². The average Bonchev–Trinajstić information content (AvgIpc) is 2.38. The van der Waals surface area contributed by atoms with Crippen molar-refractivity contribution in [2.45, 2.75) is 26.2 Å². The maximum Gasteiger partial charge on any atom is 0.240 e. The molecule has 0 aliphatic rings. The van der Waals surface area contributed by atoms with Gasteiger partial charge in [0.1, 0.15) is 5.75 Å². The first kappa shape index (κ1) is 13.9. The smallest absolute Gasteiger partial charge is 0.240 e. The third-order valence-corrected chi connectivity index (χ3v) is 2.39. The van der Waals surface area contributed by atoms with Gasteiger partial charge in [0.25, 0.3) is 0 Å². The summed E-state index contributed by atoms with van der Waals surface area (Å²) in [6, 6.07) is 4.84. The highest BCUT2D eigenvalue weighted by Gasteiger charge is 2.07. The number of methoxy groups -OCH3 is 1. The minimum Gasteiger partial charge on any atom is -0.494 e. The van der Waals surface area contributed by atoms with Gasteiger partial charge < -0.3 is 10.1 Å². The number of nitrogens with one attached hydrogen (secondary N) is 1. The summed E-state index contributed by atoms with van der Waals surface area (Å²) in [6.45, 7) is 2.03. The van der Waals surface area contributed by atoms with Gasteiger partial charge in [-0.15, -0.1) is 0 Å². The molecule has 5 nitrogen and oxygen atoms in total. The molecule has 0 saturated heterocycles. The molecule has 0 aromatic heterocycles. The standard InChI is InChI=1S/C13H16N2O3/c1-3-4-5-13(17)15-11-7-6-10(14-9-16)8-12(11)18-2/h6-8H,3-5H2,1-2H3,(H,15,17). The van der Waals surface area contributed by atoms with Crippen LogP contribution in [-0.2, 0) is 9.59 Å². The molecule has 1 rings (SSSR count). The Kier molecular flexibility index (Phi) is 5.61. The largest absolute Gasteiger partial charge is 0.494 e. The number of aliphatic imine (C=N–C) groups is 1. The summed E-state index contributed by atoms with van der Waals surface area (Å²) in [5.74, 6) is 0.415. The van der Waals surface area contributed by atoms with Crippen LogP contribution in [0.25, 0.3) is 0 Å². The van der Waals surface area contributed by atoms with Crippen LogP contribution in [0.15, 0.2) is 23.2 Å². The first-order valence-electron chi connectivity index (χ1n) is 5.77. The SMILES string of the molecule is CCCCC(=O)Nc1ccc(N=C=O)cc1OC. The fraction of sp³-hybridized carbons (Fsp3) is 0.385. The van der Waals surface area contributed by atoms with E-state index in [2.05, 4.69) is 10.3 Å². The van der Waals surface area contributed by atoms with Crippen molar-refractivity contribution in [3.8, 4) is 5.75 Å². The third-order valence-electron chi connectivity index (χ3n) is 2.39. The van der Waals surface area contributed by atoms with Gasteiger partial charge in [0, 0.05) is 12.5 Å². The van der Waals surface area contributed by atoms with E-state index in [9.17, 15) is 9.59 Å². The summed E-state index contributed by atoms with van der Waals surface area (Å²) in [4.78, 5) is 25.2. The highest BCUT2D eigenvalue weighted by atomic mass is 16.5. The van der Waals surface area contributed by atoms with Gasteiger partial charge >= 0.3 is 0 Å². The Labute approximate surface area is 106 Å². The lowest BCUT2D eigenvalue weighted by atomic mass is 10.2. The average molecular weight is 248 g/mol. The van der Waals surface area contributed by atoms with Gasteiger partial charge in [0.15, 0.2) is 0 Å². The van der Waals surface area contributed by atoms with Crippen molar-refractivity contribution in [3.05, 3.63) is 18.2 Å². The molecule has 96 valence electrons. The van der Waals surface area contributed by atoms with E-state index >= 15 is 0 Å². The summed E-state index contributed by atoms with van der Waals surface area (Å²) in [7, 11) is 1.49. The second kappa shape index (κ2) is 7.25. The highest BCUT2D eigenvalue weighted by molar-refractivity contribution is 5.92. The van der Waals surface area contributed by atoms with Crippen molar-refractivity contribution < 1.29 is 14.3 Å². The zero-order valence-corrected chi connectivity index (χ0v) is 10.5. The number of amides is 1. The molecule has 18 heavy (non-hydrogen) atoms. The molecule has 0 heterocycles. The molecule has 0 saturated carbocycles. The van der Waals surface area contributed by atoms with Crippen molar-refractivity contribution >= 4 is 23.4 Å². The van der Waals surface area contributed by atoms with Gasteiger partial charge in [-0.1, -0.05) is 13.3 Å². The van der Waals surface area contributed by atoms with E-state index in [1.54, 1.807) is 18.2 Å². The van der Waals surface area contributed by atoms with Gasteiger partial charge in [-0.05, 0) is 18.6 Å². The molecule has 1 amide bonds. The number of rotatable bonds is 6. The lowest BCUT2D eigenvalue weighted by Crippen LogP contribution is -2.11. The molecule has 0 fully saturated rings. The monoisotopic (exact) mass is 248 g/mol. The van der Waals surface area contributed by atoms with Gasteiger partial charge in [-0.3, -0.25) is 4.79 Å². The van der Waals surface area contributed by atoms with E-state index in [0.29, 0.717) is 23.5 Å². The highest BCUT2D eigenvalue weighted by Crippen LogP contribution is 2.29. The zero-order chi connectivity index (χ0) is 13.4. The first-order valence-corrected chi connectivity index (χ1v) is 5.77. The van der Waals surface area contributed by atoms with Crippen molar-refractivity contribution in [3.63, 3.8) is 0 Å². The van der Waals surface area contributed by atoms with Crippen molar-refractivity contribution in [1.82, 2.24) is 0 Å². The number of isocyanates is 1. The molecule has 0 radical (unpaired) electrons. The van der Waals surface area contributed by atoms with E-state index in [-0.39, 0.29) is 5.91 Å². The second-order valence-corrected chi connectivity index (χ2v) is 3.74. The Morgan fingerprint density at radius 3 is 2.89 bits per heavy atom. The molecule has 0 unspecified atom stereocenters. The van der Waals surface area contributed by atoms with Gasteiger partial charge in [0.05, 0.1) is 18.5 Å². The Hall–Kier alpha value is -2.13. The minimum atomic E-state index is -0.0539. The van der Waals surface area contributed by atoms with Crippen LogP contribution in [0.3, 0.4) is 0 Å². The van der Waals surface area contributed by atoms with Crippen molar-refractivity contribution in [2.75, 3.05) is 12.4 Å². The molecule has 1 aromatic rings. The number of nitrogens with zero attached hydrogens (tertiary/aromatic N) is 1. The summed E-state index contributed by atoms with van der Waals surface area (Å²) in [5.41, 5.74) is 1.01. The number of carbonyl (C=O) groups excluding carboxylic acids is 2. The topological polar surface area (TPSA) is 67.8 Å². The fourth-order valence-electron chi connectivity index (χ4n) is 1.46. The summed E-state index contributed by atoms with van der Waals surface area (Å²) < 4.78 is 5.13. The molecule has 1 N–H and O–H groups in total. The molecular formula is C13H16N2O3. The van der Waals surface area contributed by atoms with Crippen LogP contribution in [0.1, 0.15) is 26.2 Å². The third kappa shape index (κ3) is 4.03. The quantitative estimate of drug-likeness (QED) is 0.621. The van der Waals surface area contributed by atoms with E-state index in [1.165, 1.54) is 13.2 Å². The Morgan fingerprint density at radius 1 is 1.50 bits per heavy atom. The molecule has 1 aromatic carbocycles. The summed E-state index contributed by atoms with van der Waals surface area (Å²) >= 11 is 0. The Bertz CT molecular complexity index is 465. The van der Waals surface area contributed by atoms with Crippen LogP contribution in [0, 0.1) is 0 Å². The number of ether oxygens (including phenoxy) is 1. The maximum absolute atomic E-state index is 11.6. The molecule has 5 heteroatoms. The lowest BCUT2D eigenvalue weighted by molar-refractivity contribution is -0.116. The van der Waals surface area contributed by atoms with Crippen LogP contribution >= 0.6 is 0 Å². The van der Waals surface area contributed by atoms with Gasteiger partial charge in [-0.25, -0.2) is 4.79 Å². The normalized spacial score (nSPS) is 9.44. The number of carbonyl (C=O) groups is 1. The van der Waals surface area contributed by atoms with Crippen LogP contribution in [0.2, 0.25) is 0 Å². The van der Waals surface area contributed by atoms with Gasteiger partial charge in [-0.2, -0.15) is 4.99 Å². The predicted octanol–water partition coefficient (Wildman–Crippen LogP) is 2.79. The van der Waals surface area contributed by atoms with Crippen molar-refractivity contribution in [2.24, 2.45) is 4.99 Å². The lowest BCUT2D eigenvalue weighted by Gasteiger charge is -2.10. The first-order chi connectivity index (χ1) is 8.71. The zero-order valence-electron chi connectivity index (χ0n) is 10.5. The van der Waals surface area contributed by atoms with E-state index in [0.717, 1.165) is 12.8 Å². The summed E-state index contributed by atoms with van der Waals surface area (Å²) in [5, 5.41) is 2.76. The number of benzene rings is 1.